The molecule has 0 radical (unpaired) electrons. The summed E-state index contributed by atoms with van der Waals surface area (Å²) in [6, 6.07) is 13.3. The minimum absolute atomic E-state index is 0.187. The van der Waals surface area contributed by atoms with Crippen molar-refractivity contribution in [1.29, 1.82) is 0 Å². The van der Waals surface area contributed by atoms with Crippen LogP contribution in [0.25, 0.3) is 0 Å². The molecule has 1 aromatic heterocycles. The average Bonchev–Trinajstić information content (AvgIpc) is 3.05. The van der Waals surface area contributed by atoms with E-state index in [4.69, 9.17) is 0 Å². The van der Waals surface area contributed by atoms with E-state index in [2.05, 4.69) is 41.5 Å². The van der Waals surface area contributed by atoms with Gasteiger partial charge in [-0.1, -0.05) is 30.3 Å². The molecule has 2 aliphatic rings. The Morgan fingerprint density at radius 2 is 2.04 bits per heavy atom. The fourth-order valence-corrected chi connectivity index (χ4v) is 4.51. The van der Waals surface area contributed by atoms with E-state index in [0.717, 1.165) is 23.4 Å². The smallest absolute Gasteiger partial charge is 0.148 e. The van der Waals surface area contributed by atoms with Crippen molar-refractivity contribution >= 4 is 23.2 Å². The molecule has 0 spiro atoms. The van der Waals surface area contributed by atoms with Crippen LogP contribution in [0.15, 0.2) is 46.8 Å². The van der Waals surface area contributed by atoms with Gasteiger partial charge in [0.05, 0.1) is 10.6 Å². The van der Waals surface area contributed by atoms with Crippen LogP contribution in [-0.4, -0.2) is 23.6 Å². The SMILES string of the molecule is CC1CC(C2N=Cc3sccc3N2O)CC(c2ccccc2)N1. The first-order valence-corrected chi connectivity index (χ1v) is 9.00. The Balaban J connectivity index is 1.57. The number of piperidine rings is 1. The molecule has 1 aromatic carbocycles. The third-order valence-electron chi connectivity index (χ3n) is 4.82. The maximum Gasteiger partial charge on any atom is 0.148 e. The molecule has 23 heavy (non-hydrogen) atoms. The maximum absolute atomic E-state index is 10.6. The van der Waals surface area contributed by atoms with Gasteiger partial charge in [-0.25, -0.2) is 5.06 Å². The van der Waals surface area contributed by atoms with Crippen LogP contribution in [0.1, 0.15) is 36.2 Å². The Bertz CT molecular complexity index is 699. The summed E-state index contributed by atoms with van der Waals surface area (Å²) in [5, 5.41) is 17.7. The van der Waals surface area contributed by atoms with Gasteiger partial charge in [-0.15, -0.1) is 11.3 Å². The highest BCUT2D eigenvalue weighted by Gasteiger charge is 2.36. The normalized spacial score (nSPS) is 30.3. The van der Waals surface area contributed by atoms with Crippen molar-refractivity contribution in [2.24, 2.45) is 10.9 Å². The number of aliphatic imine (C=N–C) groups is 1. The average molecular weight is 327 g/mol. The third-order valence-corrected chi connectivity index (χ3v) is 5.66. The highest BCUT2D eigenvalue weighted by molar-refractivity contribution is 7.12. The Kier molecular flexibility index (Phi) is 3.93. The summed E-state index contributed by atoms with van der Waals surface area (Å²) in [6.45, 7) is 2.21. The van der Waals surface area contributed by atoms with Gasteiger partial charge < -0.3 is 5.32 Å². The first-order chi connectivity index (χ1) is 11.2. The van der Waals surface area contributed by atoms with E-state index in [9.17, 15) is 5.21 Å². The zero-order valence-electron chi connectivity index (χ0n) is 13.1. The van der Waals surface area contributed by atoms with Crippen LogP contribution in [0.3, 0.4) is 0 Å². The molecular formula is C18H21N3OS. The summed E-state index contributed by atoms with van der Waals surface area (Å²) in [7, 11) is 0. The van der Waals surface area contributed by atoms with Crippen molar-refractivity contribution in [3.63, 3.8) is 0 Å². The number of rotatable bonds is 2. The Morgan fingerprint density at radius 3 is 2.87 bits per heavy atom. The number of nitrogens with one attached hydrogen (secondary N) is 1. The van der Waals surface area contributed by atoms with Crippen molar-refractivity contribution in [2.75, 3.05) is 5.06 Å². The molecule has 1 fully saturated rings. The maximum atomic E-state index is 10.6. The third kappa shape index (κ3) is 2.80. The number of hydrogen-bond donors (Lipinski definition) is 2. The van der Waals surface area contributed by atoms with Crippen molar-refractivity contribution in [1.82, 2.24) is 5.32 Å². The molecule has 120 valence electrons. The molecule has 4 nitrogen and oxygen atoms in total. The molecule has 4 atom stereocenters. The van der Waals surface area contributed by atoms with Crippen molar-refractivity contribution in [2.45, 2.75) is 38.0 Å². The minimum atomic E-state index is -0.187. The lowest BCUT2D eigenvalue weighted by atomic mass is 9.83. The summed E-state index contributed by atoms with van der Waals surface area (Å²) in [5.41, 5.74) is 2.20. The van der Waals surface area contributed by atoms with Crippen LogP contribution in [0.2, 0.25) is 0 Å². The van der Waals surface area contributed by atoms with E-state index in [1.807, 2.05) is 23.7 Å². The van der Waals surface area contributed by atoms with Crippen LogP contribution in [0, 0.1) is 5.92 Å². The van der Waals surface area contributed by atoms with Crippen molar-refractivity contribution in [3.8, 4) is 0 Å². The number of hydrogen-bond acceptors (Lipinski definition) is 5. The highest BCUT2D eigenvalue weighted by Crippen LogP contribution is 2.38. The summed E-state index contributed by atoms with van der Waals surface area (Å²) >= 11 is 1.61. The number of hydroxylamine groups is 1. The van der Waals surface area contributed by atoms with E-state index < -0.39 is 0 Å². The Hall–Kier alpha value is -1.69. The Labute approximate surface area is 140 Å². The molecule has 1 saturated heterocycles. The first-order valence-electron chi connectivity index (χ1n) is 8.12. The number of benzene rings is 1. The fourth-order valence-electron chi connectivity index (χ4n) is 3.76. The second-order valence-electron chi connectivity index (χ2n) is 6.47. The molecule has 5 heteroatoms. The van der Waals surface area contributed by atoms with Crippen molar-refractivity contribution < 1.29 is 5.21 Å². The summed E-state index contributed by atoms with van der Waals surface area (Å²) in [6.07, 6.45) is 3.73. The minimum Gasteiger partial charge on any atom is -0.307 e. The van der Waals surface area contributed by atoms with E-state index in [1.165, 1.54) is 10.6 Å². The molecule has 4 rings (SSSR count). The van der Waals surface area contributed by atoms with Gasteiger partial charge in [-0.05, 0) is 36.8 Å². The molecule has 2 N–H and O–H groups in total. The second kappa shape index (κ2) is 6.07. The molecule has 2 aromatic rings. The van der Waals surface area contributed by atoms with Gasteiger partial charge in [0.15, 0.2) is 0 Å². The van der Waals surface area contributed by atoms with Gasteiger partial charge >= 0.3 is 0 Å². The molecule has 0 saturated carbocycles. The van der Waals surface area contributed by atoms with Gasteiger partial charge in [0.2, 0.25) is 0 Å². The molecule has 4 unspecified atom stereocenters. The van der Waals surface area contributed by atoms with Crippen LogP contribution in [0.4, 0.5) is 5.69 Å². The summed E-state index contributed by atoms with van der Waals surface area (Å²) in [5.74, 6) is 0.325. The molecule has 0 amide bonds. The van der Waals surface area contributed by atoms with E-state index in [-0.39, 0.29) is 6.17 Å². The lowest BCUT2D eigenvalue weighted by molar-refractivity contribution is 0.141. The molecule has 2 aliphatic heterocycles. The lowest BCUT2D eigenvalue weighted by Gasteiger charge is -2.40. The van der Waals surface area contributed by atoms with Crippen LogP contribution < -0.4 is 10.4 Å². The zero-order chi connectivity index (χ0) is 15.8. The summed E-state index contributed by atoms with van der Waals surface area (Å²) < 4.78 is 0. The van der Waals surface area contributed by atoms with Gasteiger partial charge in [0.25, 0.3) is 0 Å². The molecule has 0 aliphatic carbocycles. The topological polar surface area (TPSA) is 47.9 Å². The monoisotopic (exact) mass is 327 g/mol. The zero-order valence-corrected chi connectivity index (χ0v) is 13.9. The standard InChI is InChI=1S/C18H21N3OS/c1-12-9-14(10-15(20-12)13-5-3-2-4-6-13)18-19-11-17-16(21(18)22)7-8-23-17/h2-8,11-12,14-15,18,20,22H,9-10H2,1H3. The number of thiophene rings is 1. The fraction of sp³-hybridized carbons (Fsp3) is 0.389. The molecule has 3 heterocycles. The second-order valence-corrected chi connectivity index (χ2v) is 7.42. The highest BCUT2D eigenvalue weighted by atomic mass is 32.1. The number of nitrogens with zero attached hydrogens (tertiary/aromatic N) is 2. The van der Waals surface area contributed by atoms with Crippen LogP contribution in [-0.2, 0) is 0 Å². The largest absolute Gasteiger partial charge is 0.307 e. The van der Waals surface area contributed by atoms with Crippen LogP contribution >= 0.6 is 11.3 Å². The van der Waals surface area contributed by atoms with Crippen molar-refractivity contribution in [3.05, 3.63) is 52.2 Å². The number of anilines is 1. The van der Waals surface area contributed by atoms with Gasteiger partial charge in [-0.2, -0.15) is 0 Å². The lowest BCUT2D eigenvalue weighted by Crippen LogP contribution is -2.47. The van der Waals surface area contributed by atoms with E-state index in [0.29, 0.717) is 18.0 Å². The molecule has 0 bridgehead atoms. The summed E-state index contributed by atoms with van der Waals surface area (Å²) in [4.78, 5) is 5.68. The van der Waals surface area contributed by atoms with Gasteiger partial charge in [0, 0.05) is 24.2 Å². The van der Waals surface area contributed by atoms with Gasteiger partial charge in [-0.3, -0.25) is 10.2 Å². The number of fused-ring (bicyclic) bond motifs is 1. The van der Waals surface area contributed by atoms with E-state index >= 15 is 0 Å². The molecular weight excluding hydrogens is 306 g/mol. The first kappa shape index (κ1) is 14.9. The van der Waals surface area contributed by atoms with Gasteiger partial charge in [0.1, 0.15) is 6.17 Å². The quantitative estimate of drug-likeness (QED) is 0.881. The Morgan fingerprint density at radius 1 is 1.22 bits per heavy atom. The van der Waals surface area contributed by atoms with E-state index in [1.54, 1.807) is 11.3 Å². The predicted molar refractivity (Wildman–Crippen MR) is 94.5 cm³/mol. The predicted octanol–water partition coefficient (Wildman–Crippen LogP) is 3.83. The van der Waals surface area contributed by atoms with Crippen LogP contribution in [0.5, 0.6) is 0 Å².